The highest BCUT2D eigenvalue weighted by atomic mass is 35.5. The highest BCUT2D eigenvalue weighted by Crippen LogP contribution is 2.25. The first-order valence-corrected chi connectivity index (χ1v) is 8.41. The van der Waals surface area contributed by atoms with Crippen LogP contribution in [0.2, 0.25) is 5.02 Å². The fourth-order valence-electron chi connectivity index (χ4n) is 2.48. The van der Waals surface area contributed by atoms with Crippen molar-refractivity contribution in [2.45, 2.75) is 58.6 Å². The number of amides is 1. The molecule has 0 unspecified atom stereocenters. The first-order valence-electron chi connectivity index (χ1n) is 8.04. The fourth-order valence-corrected chi connectivity index (χ4v) is 2.77. The Balaban J connectivity index is 1.89. The molecule has 7 heteroatoms. The zero-order valence-electron chi connectivity index (χ0n) is 14.2. The molecule has 2 heterocycles. The van der Waals surface area contributed by atoms with E-state index in [9.17, 15) is 4.79 Å². The minimum atomic E-state index is -0.461. The predicted molar refractivity (Wildman–Crippen MR) is 90.9 cm³/mol. The molecule has 128 valence electrons. The number of anilines is 1. The molecule has 1 N–H and O–H groups in total. The topological polar surface area (TPSA) is 67.4 Å². The Labute approximate surface area is 142 Å². The Morgan fingerprint density at radius 3 is 2.61 bits per heavy atom. The van der Waals surface area contributed by atoms with Gasteiger partial charge in [-0.25, -0.2) is 14.8 Å². The van der Waals surface area contributed by atoms with E-state index in [2.05, 4.69) is 15.3 Å². The maximum atomic E-state index is 12.1. The molecular weight excluding hydrogens is 316 g/mol. The Morgan fingerprint density at radius 1 is 1.39 bits per heavy atom. The Kier molecular flexibility index (Phi) is 5.68. The van der Waals surface area contributed by atoms with Crippen molar-refractivity contribution in [3.8, 4) is 0 Å². The van der Waals surface area contributed by atoms with E-state index in [-0.39, 0.29) is 12.1 Å². The van der Waals surface area contributed by atoms with Crippen LogP contribution < -0.4 is 5.32 Å². The minimum absolute atomic E-state index is 0.241. The molecule has 0 spiro atoms. The van der Waals surface area contributed by atoms with Crippen LogP contribution in [0.4, 0.5) is 10.6 Å². The number of hydrogen-bond acceptors (Lipinski definition) is 5. The fraction of sp³-hybridized carbons (Fsp3) is 0.688. The number of nitrogens with one attached hydrogen (secondary N) is 1. The summed E-state index contributed by atoms with van der Waals surface area (Å²) in [5.74, 6) is 0.675. The summed E-state index contributed by atoms with van der Waals surface area (Å²) in [4.78, 5) is 22.2. The summed E-state index contributed by atoms with van der Waals surface area (Å²) < 4.78 is 5.40. The quantitative estimate of drug-likeness (QED) is 0.912. The zero-order valence-corrected chi connectivity index (χ0v) is 15.0. The smallest absolute Gasteiger partial charge is 0.410 e. The number of hydrogen-bond donors (Lipinski definition) is 1. The van der Waals surface area contributed by atoms with Crippen molar-refractivity contribution in [3.63, 3.8) is 0 Å². The lowest BCUT2D eigenvalue weighted by Crippen LogP contribution is -2.44. The van der Waals surface area contributed by atoms with Gasteiger partial charge in [0.25, 0.3) is 0 Å². The molecule has 23 heavy (non-hydrogen) atoms. The molecule has 0 aromatic carbocycles. The van der Waals surface area contributed by atoms with E-state index in [0.29, 0.717) is 23.9 Å². The number of carbonyl (C=O) groups excluding carboxylic acids is 1. The molecule has 1 aromatic rings. The Morgan fingerprint density at radius 2 is 2.04 bits per heavy atom. The van der Waals surface area contributed by atoms with Crippen LogP contribution in [-0.2, 0) is 11.2 Å². The third kappa shape index (κ3) is 4.96. The van der Waals surface area contributed by atoms with Crippen LogP contribution in [0, 0.1) is 0 Å². The van der Waals surface area contributed by atoms with E-state index in [1.54, 1.807) is 4.90 Å². The molecule has 0 aliphatic carbocycles. The van der Waals surface area contributed by atoms with Gasteiger partial charge in [0.1, 0.15) is 22.8 Å². The number of aromatic nitrogens is 2. The van der Waals surface area contributed by atoms with Crippen LogP contribution in [0.15, 0.2) is 6.33 Å². The number of piperidine rings is 1. The maximum Gasteiger partial charge on any atom is 0.410 e. The van der Waals surface area contributed by atoms with Crippen LogP contribution >= 0.6 is 11.6 Å². The standard InChI is InChI=1S/C16H25ClN4O2/c1-5-12-13(17)14(19-10-18-12)20-11-6-8-21(9-7-11)15(22)23-16(2,3)4/h10-11H,5-9H2,1-4H3,(H,18,19,20). The Bertz CT molecular complexity index is 552. The molecular formula is C16H25ClN4O2. The van der Waals surface area contributed by atoms with Crippen LogP contribution in [0.25, 0.3) is 0 Å². The summed E-state index contributed by atoms with van der Waals surface area (Å²) in [6, 6.07) is 0.241. The largest absolute Gasteiger partial charge is 0.444 e. The van der Waals surface area contributed by atoms with E-state index in [1.165, 1.54) is 6.33 Å². The summed E-state index contributed by atoms with van der Waals surface area (Å²) in [6.45, 7) is 8.97. The van der Waals surface area contributed by atoms with Crippen molar-refractivity contribution in [1.29, 1.82) is 0 Å². The second kappa shape index (κ2) is 7.34. The van der Waals surface area contributed by atoms with Gasteiger partial charge in [0.05, 0.1) is 5.69 Å². The lowest BCUT2D eigenvalue weighted by molar-refractivity contribution is 0.0210. The van der Waals surface area contributed by atoms with Crippen LogP contribution in [0.3, 0.4) is 0 Å². The molecule has 0 atom stereocenters. The molecule has 6 nitrogen and oxygen atoms in total. The normalized spacial score (nSPS) is 16.3. The lowest BCUT2D eigenvalue weighted by Gasteiger charge is -2.34. The third-order valence-corrected chi connectivity index (χ3v) is 4.08. The lowest BCUT2D eigenvalue weighted by atomic mass is 10.1. The van der Waals surface area contributed by atoms with E-state index in [4.69, 9.17) is 16.3 Å². The average molecular weight is 341 g/mol. The molecule has 1 aliphatic heterocycles. The maximum absolute atomic E-state index is 12.1. The first-order chi connectivity index (χ1) is 10.8. The number of halogens is 1. The van der Waals surface area contributed by atoms with Gasteiger partial charge in [-0.15, -0.1) is 0 Å². The molecule has 1 saturated heterocycles. The number of nitrogens with zero attached hydrogens (tertiary/aromatic N) is 3. The number of rotatable bonds is 3. The molecule has 1 fully saturated rings. The second-order valence-corrected chi connectivity index (χ2v) is 7.10. The summed E-state index contributed by atoms with van der Waals surface area (Å²) in [6.07, 6.45) is 3.72. The number of aryl methyl sites for hydroxylation is 1. The monoisotopic (exact) mass is 340 g/mol. The SMILES string of the molecule is CCc1ncnc(NC2CCN(C(=O)OC(C)(C)C)CC2)c1Cl. The van der Waals surface area contributed by atoms with Gasteiger partial charge in [-0.05, 0) is 40.0 Å². The molecule has 0 radical (unpaired) electrons. The minimum Gasteiger partial charge on any atom is -0.444 e. The van der Waals surface area contributed by atoms with Crippen molar-refractivity contribution in [2.24, 2.45) is 0 Å². The molecule has 1 amide bonds. The highest BCUT2D eigenvalue weighted by Gasteiger charge is 2.27. The van der Waals surface area contributed by atoms with E-state index in [1.807, 2.05) is 27.7 Å². The Hall–Kier alpha value is -1.56. The summed E-state index contributed by atoms with van der Waals surface area (Å²) in [7, 11) is 0. The molecule has 2 rings (SSSR count). The highest BCUT2D eigenvalue weighted by molar-refractivity contribution is 6.33. The first kappa shape index (κ1) is 17.8. The third-order valence-electron chi connectivity index (χ3n) is 3.68. The van der Waals surface area contributed by atoms with Crippen LogP contribution in [-0.4, -0.2) is 45.7 Å². The van der Waals surface area contributed by atoms with Gasteiger partial charge in [0, 0.05) is 19.1 Å². The number of likely N-dealkylation sites (tertiary alicyclic amines) is 1. The molecule has 0 saturated carbocycles. The van der Waals surface area contributed by atoms with Crippen LogP contribution in [0.5, 0.6) is 0 Å². The van der Waals surface area contributed by atoms with E-state index < -0.39 is 5.60 Å². The predicted octanol–water partition coefficient (Wildman–Crippen LogP) is 3.50. The van der Waals surface area contributed by atoms with Crippen molar-refractivity contribution in [2.75, 3.05) is 18.4 Å². The number of carbonyl (C=O) groups is 1. The zero-order chi connectivity index (χ0) is 17.0. The summed E-state index contributed by atoms with van der Waals surface area (Å²) in [5.41, 5.74) is 0.382. The van der Waals surface area contributed by atoms with Gasteiger partial charge in [-0.2, -0.15) is 0 Å². The second-order valence-electron chi connectivity index (χ2n) is 6.72. The molecule has 1 aliphatic rings. The van der Waals surface area contributed by atoms with Gasteiger partial charge in [0.15, 0.2) is 0 Å². The van der Waals surface area contributed by atoms with Crippen molar-refractivity contribution >= 4 is 23.5 Å². The van der Waals surface area contributed by atoms with Crippen molar-refractivity contribution < 1.29 is 9.53 Å². The van der Waals surface area contributed by atoms with Crippen molar-refractivity contribution in [1.82, 2.24) is 14.9 Å². The van der Waals surface area contributed by atoms with Gasteiger partial charge in [0.2, 0.25) is 0 Å². The molecule has 1 aromatic heterocycles. The van der Waals surface area contributed by atoms with Gasteiger partial charge >= 0.3 is 6.09 Å². The van der Waals surface area contributed by atoms with Gasteiger partial charge < -0.3 is 15.0 Å². The molecule has 0 bridgehead atoms. The van der Waals surface area contributed by atoms with E-state index >= 15 is 0 Å². The van der Waals surface area contributed by atoms with Gasteiger partial charge in [-0.1, -0.05) is 18.5 Å². The number of ether oxygens (including phenoxy) is 1. The van der Waals surface area contributed by atoms with Crippen molar-refractivity contribution in [3.05, 3.63) is 17.0 Å². The van der Waals surface area contributed by atoms with E-state index in [0.717, 1.165) is 25.0 Å². The summed E-state index contributed by atoms with van der Waals surface area (Å²) in [5, 5.41) is 3.96. The average Bonchev–Trinajstić information content (AvgIpc) is 2.48. The van der Waals surface area contributed by atoms with Gasteiger partial charge in [-0.3, -0.25) is 0 Å². The van der Waals surface area contributed by atoms with Crippen LogP contribution in [0.1, 0.15) is 46.2 Å². The summed E-state index contributed by atoms with van der Waals surface area (Å²) >= 11 is 6.31.